The number of nitrogens with zero attached hydrogens (tertiary/aromatic N) is 3. The van der Waals surface area contributed by atoms with E-state index in [-0.39, 0.29) is 17.9 Å². The lowest BCUT2D eigenvalue weighted by molar-refractivity contribution is -0.138. The summed E-state index contributed by atoms with van der Waals surface area (Å²) in [6.45, 7) is 13.2. The van der Waals surface area contributed by atoms with Gasteiger partial charge in [-0.1, -0.05) is 55.3 Å². The van der Waals surface area contributed by atoms with Crippen molar-refractivity contribution >= 4 is 23.2 Å². The van der Waals surface area contributed by atoms with Gasteiger partial charge in [0, 0.05) is 80.6 Å². The Morgan fingerprint density at radius 2 is 1.67 bits per heavy atom. The topological polar surface area (TPSA) is 62.0 Å². The molecule has 2 unspecified atom stereocenters. The number of carbonyl (C=O) groups is 1. The minimum absolute atomic E-state index is 0.000562. The first kappa shape index (κ1) is 28.4. The monoisotopic (exact) mass is 552 g/mol. The molecule has 3 fully saturated rings. The van der Waals surface area contributed by atoms with Crippen molar-refractivity contribution in [3.05, 3.63) is 64.2 Å². The van der Waals surface area contributed by atoms with Crippen LogP contribution in [-0.2, 0) is 9.53 Å². The van der Waals surface area contributed by atoms with Crippen LogP contribution >= 0.6 is 11.6 Å². The first-order valence-corrected chi connectivity index (χ1v) is 15.2. The summed E-state index contributed by atoms with van der Waals surface area (Å²) in [5.41, 5.74) is 11.5. The van der Waals surface area contributed by atoms with E-state index in [1.165, 1.54) is 22.4 Å². The number of hydrogen-bond acceptors (Lipinski definition) is 5. The normalized spacial score (nSPS) is 24.3. The molecule has 3 heterocycles. The van der Waals surface area contributed by atoms with Gasteiger partial charge in [-0.15, -0.1) is 0 Å². The number of halogens is 1. The highest BCUT2D eigenvalue weighted by molar-refractivity contribution is 6.30. The standard InChI is InChI=1S/C32H45ClN4O2/c1-22(2)31(34)28-20-23(3)4-9-30(28)35-14-16-36(17-15-35)32(38)27-10-13-37(26-11-18-39-19-12-26)21-29(27)24-5-7-25(33)8-6-24/h4-9,20,22,26-27,29,31H,10-19,21,34H2,1-3H3/t27-,29?,31?/m0/s1. The van der Waals surface area contributed by atoms with Gasteiger partial charge in [0.25, 0.3) is 0 Å². The number of amides is 1. The van der Waals surface area contributed by atoms with Crippen LogP contribution in [0.5, 0.6) is 0 Å². The zero-order valence-electron chi connectivity index (χ0n) is 23.8. The van der Waals surface area contributed by atoms with Crippen LogP contribution in [0.2, 0.25) is 5.02 Å². The van der Waals surface area contributed by atoms with Gasteiger partial charge in [0.15, 0.2) is 0 Å². The number of aryl methyl sites for hydroxylation is 1. The van der Waals surface area contributed by atoms with E-state index in [1.54, 1.807) is 0 Å². The van der Waals surface area contributed by atoms with E-state index in [0.717, 1.165) is 76.8 Å². The molecule has 0 bridgehead atoms. The Kier molecular flexibility index (Phi) is 9.17. The number of ether oxygens (including phenoxy) is 1. The summed E-state index contributed by atoms with van der Waals surface area (Å²) in [5.74, 6) is 0.852. The lowest BCUT2D eigenvalue weighted by Gasteiger charge is -2.45. The van der Waals surface area contributed by atoms with E-state index in [4.69, 9.17) is 22.1 Å². The fourth-order valence-electron chi connectivity index (χ4n) is 6.69. The van der Waals surface area contributed by atoms with Gasteiger partial charge in [0.05, 0.1) is 0 Å². The zero-order valence-corrected chi connectivity index (χ0v) is 24.6. The van der Waals surface area contributed by atoms with Gasteiger partial charge < -0.3 is 20.3 Å². The van der Waals surface area contributed by atoms with E-state index in [0.29, 0.717) is 17.9 Å². The molecule has 2 aromatic carbocycles. The third-order valence-corrected chi connectivity index (χ3v) is 9.41. The van der Waals surface area contributed by atoms with Crippen LogP contribution in [0.25, 0.3) is 0 Å². The number of hydrogen-bond donors (Lipinski definition) is 1. The van der Waals surface area contributed by atoms with Crippen molar-refractivity contribution in [2.45, 2.75) is 58.0 Å². The van der Waals surface area contributed by atoms with Crippen molar-refractivity contribution in [1.29, 1.82) is 0 Å². The fraction of sp³-hybridized carbons (Fsp3) is 0.594. The molecule has 1 amide bonds. The first-order chi connectivity index (χ1) is 18.8. The summed E-state index contributed by atoms with van der Waals surface area (Å²) in [6, 6.07) is 15.3. The van der Waals surface area contributed by atoms with Crippen LogP contribution in [-0.4, -0.2) is 74.2 Å². The summed E-state index contributed by atoms with van der Waals surface area (Å²) in [4.78, 5) is 21.2. The highest BCUT2D eigenvalue weighted by Crippen LogP contribution is 2.37. The van der Waals surface area contributed by atoms with Crippen LogP contribution in [0.3, 0.4) is 0 Å². The second-order valence-corrected chi connectivity index (χ2v) is 12.5. The second kappa shape index (κ2) is 12.6. The molecule has 0 radical (unpaired) electrons. The molecule has 0 aliphatic carbocycles. The Morgan fingerprint density at radius 3 is 2.33 bits per heavy atom. The number of piperidine rings is 1. The Balaban J connectivity index is 1.29. The first-order valence-electron chi connectivity index (χ1n) is 14.8. The van der Waals surface area contributed by atoms with E-state index in [1.807, 2.05) is 12.1 Å². The van der Waals surface area contributed by atoms with E-state index < -0.39 is 0 Å². The summed E-state index contributed by atoms with van der Waals surface area (Å²) in [7, 11) is 0. The molecule has 0 saturated carbocycles. The SMILES string of the molecule is Cc1ccc(N2CCN(C(=O)[C@H]3CCN(C4CCOCC4)CC3c3ccc(Cl)cc3)CC2)c(C(N)C(C)C)c1. The van der Waals surface area contributed by atoms with Crippen LogP contribution in [0.15, 0.2) is 42.5 Å². The third-order valence-electron chi connectivity index (χ3n) is 9.16. The second-order valence-electron chi connectivity index (χ2n) is 12.0. The van der Waals surface area contributed by atoms with E-state index in [2.05, 4.69) is 65.8 Å². The predicted molar refractivity (Wildman–Crippen MR) is 159 cm³/mol. The van der Waals surface area contributed by atoms with Crippen molar-refractivity contribution in [3.8, 4) is 0 Å². The number of rotatable bonds is 6. The maximum atomic E-state index is 14.1. The van der Waals surface area contributed by atoms with Crippen molar-refractivity contribution in [2.24, 2.45) is 17.6 Å². The highest BCUT2D eigenvalue weighted by atomic mass is 35.5. The molecule has 212 valence electrons. The van der Waals surface area contributed by atoms with E-state index >= 15 is 0 Å². The smallest absolute Gasteiger partial charge is 0.226 e. The molecule has 39 heavy (non-hydrogen) atoms. The Bertz CT molecular complexity index is 1110. The Hall–Kier alpha value is -2.12. The van der Waals surface area contributed by atoms with Gasteiger partial charge in [0.2, 0.25) is 5.91 Å². The van der Waals surface area contributed by atoms with Crippen molar-refractivity contribution in [3.63, 3.8) is 0 Å². The molecule has 3 atom stereocenters. The molecule has 3 aliphatic heterocycles. The lowest BCUT2D eigenvalue weighted by atomic mass is 9.79. The van der Waals surface area contributed by atoms with Gasteiger partial charge in [-0.3, -0.25) is 9.69 Å². The number of piperazine rings is 1. The maximum absolute atomic E-state index is 14.1. The summed E-state index contributed by atoms with van der Waals surface area (Å²) < 4.78 is 5.62. The quantitative estimate of drug-likeness (QED) is 0.531. The van der Waals surface area contributed by atoms with Gasteiger partial charge in [-0.05, 0) is 68.0 Å². The largest absolute Gasteiger partial charge is 0.381 e. The molecule has 0 spiro atoms. The van der Waals surface area contributed by atoms with E-state index in [9.17, 15) is 4.79 Å². The average molecular weight is 553 g/mol. The molecular formula is C32H45ClN4O2. The van der Waals surface area contributed by atoms with Crippen molar-refractivity contribution < 1.29 is 9.53 Å². The molecular weight excluding hydrogens is 508 g/mol. The number of nitrogens with two attached hydrogens (primary N) is 1. The van der Waals surface area contributed by atoms with Gasteiger partial charge >= 0.3 is 0 Å². The molecule has 7 heteroatoms. The molecule has 6 nitrogen and oxygen atoms in total. The average Bonchev–Trinajstić information content (AvgIpc) is 2.97. The van der Waals surface area contributed by atoms with Crippen molar-refractivity contribution in [2.75, 3.05) is 57.4 Å². The molecule has 5 rings (SSSR count). The Labute approximate surface area is 239 Å². The van der Waals surface area contributed by atoms with Crippen LogP contribution in [0.4, 0.5) is 5.69 Å². The molecule has 2 aromatic rings. The predicted octanol–water partition coefficient (Wildman–Crippen LogP) is 5.24. The molecule has 3 aliphatic rings. The van der Waals surface area contributed by atoms with Gasteiger partial charge in [0.1, 0.15) is 0 Å². The lowest BCUT2D eigenvalue weighted by Crippen LogP contribution is -2.54. The van der Waals surface area contributed by atoms with Gasteiger partial charge in [-0.25, -0.2) is 0 Å². The molecule has 0 aromatic heterocycles. The number of benzene rings is 2. The highest BCUT2D eigenvalue weighted by Gasteiger charge is 2.40. The summed E-state index contributed by atoms with van der Waals surface area (Å²) in [6.07, 6.45) is 3.06. The Morgan fingerprint density at radius 1 is 0.974 bits per heavy atom. The fourth-order valence-corrected chi connectivity index (χ4v) is 6.82. The van der Waals surface area contributed by atoms with Crippen molar-refractivity contribution in [1.82, 2.24) is 9.80 Å². The van der Waals surface area contributed by atoms with Crippen LogP contribution in [0.1, 0.15) is 61.8 Å². The maximum Gasteiger partial charge on any atom is 0.226 e. The number of anilines is 1. The summed E-state index contributed by atoms with van der Waals surface area (Å²) in [5, 5.41) is 0.738. The van der Waals surface area contributed by atoms with Gasteiger partial charge in [-0.2, -0.15) is 0 Å². The third kappa shape index (κ3) is 6.45. The minimum atomic E-state index is -0.00175. The summed E-state index contributed by atoms with van der Waals surface area (Å²) >= 11 is 6.23. The van der Waals surface area contributed by atoms with Crippen LogP contribution in [0, 0.1) is 18.8 Å². The zero-order chi connectivity index (χ0) is 27.5. The number of carbonyl (C=O) groups excluding carboxylic acids is 1. The van der Waals surface area contributed by atoms with Crippen LogP contribution < -0.4 is 10.6 Å². The minimum Gasteiger partial charge on any atom is -0.381 e. The molecule has 2 N–H and O–H groups in total. The molecule has 3 saturated heterocycles. The number of likely N-dealkylation sites (tertiary alicyclic amines) is 1.